The van der Waals surface area contributed by atoms with Gasteiger partial charge in [-0.25, -0.2) is 4.98 Å². The molecule has 118 valence electrons. The van der Waals surface area contributed by atoms with E-state index in [1.165, 1.54) is 10.8 Å². The molecule has 3 nitrogen and oxygen atoms in total. The minimum Gasteiger partial charge on any atom is -0.354 e. The number of fused-ring (bicyclic) bond motifs is 1. The van der Waals surface area contributed by atoms with Gasteiger partial charge in [-0.2, -0.15) is 0 Å². The van der Waals surface area contributed by atoms with Gasteiger partial charge < -0.3 is 10.2 Å². The first-order chi connectivity index (χ1) is 11.9. The highest BCUT2D eigenvalue weighted by Gasteiger charge is 2.15. The molecule has 3 heteroatoms. The van der Waals surface area contributed by atoms with E-state index in [1.54, 1.807) is 0 Å². The molecule has 1 fully saturated rings. The van der Waals surface area contributed by atoms with Crippen LogP contribution in [-0.2, 0) is 0 Å². The predicted octanol–water partition coefficient (Wildman–Crippen LogP) is 3.04. The zero-order chi connectivity index (χ0) is 16.2. The Bertz CT molecular complexity index is 901. The molecule has 0 radical (unpaired) electrons. The van der Waals surface area contributed by atoms with Crippen molar-refractivity contribution in [3.05, 3.63) is 71.9 Å². The number of hydrogen-bond donors (Lipinski definition) is 1. The van der Waals surface area contributed by atoms with Crippen molar-refractivity contribution >= 4 is 16.6 Å². The summed E-state index contributed by atoms with van der Waals surface area (Å²) < 4.78 is 0. The summed E-state index contributed by atoms with van der Waals surface area (Å²) in [4.78, 5) is 7.22. The monoisotopic (exact) mass is 313 g/mol. The zero-order valence-electron chi connectivity index (χ0n) is 13.5. The maximum atomic E-state index is 4.86. The molecule has 0 bridgehead atoms. The first-order valence-electron chi connectivity index (χ1n) is 8.33. The average Bonchev–Trinajstić information content (AvgIpc) is 2.67. The van der Waals surface area contributed by atoms with Crippen LogP contribution in [0.1, 0.15) is 11.3 Å². The molecule has 0 spiro atoms. The maximum Gasteiger partial charge on any atom is 0.138 e. The molecule has 0 aliphatic carbocycles. The second-order valence-corrected chi connectivity index (χ2v) is 5.91. The molecule has 0 unspecified atom stereocenters. The summed E-state index contributed by atoms with van der Waals surface area (Å²) in [5, 5.41) is 5.79. The van der Waals surface area contributed by atoms with Crippen LogP contribution in [0.5, 0.6) is 0 Å². The van der Waals surface area contributed by atoms with E-state index in [0.717, 1.165) is 43.3 Å². The smallest absolute Gasteiger partial charge is 0.138 e. The first-order valence-corrected chi connectivity index (χ1v) is 8.33. The minimum absolute atomic E-state index is 0.825. The topological polar surface area (TPSA) is 28.2 Å². The van der Waals surface area contributed by atoms with Gasteiger partial charge in [0.25, 0.3) is 0 Å². The second kappa shape index (κ2) is 6.74. The Morgan fingerprint density at radius 2 is 1.62 bits per heavy atom. The molecule has 1 aliphatic rings. The average molecular weight is 313 g/mol. The lowest BCUT2D eigenvalue weighted by Gasteiger charge is -2.29. The number of benzene rings is 2. The van der Waals surface area contributed by atoms with Crippen LogP contribution < -0.4 is 10.2 Å². The van der Waals surface area contributed by atoms with Crippen molar-refractivity contribution in [1.82, 2.24) is 10.3 Å². The third-order valence-electron chi connectivity index (χ3n) is 4.25. The molecule has 2 heterocycles. The molecule has 24 heavy (non-hydrogen) atoms. The van der Waals surface area contributed by atoms with Crippen LogP contribution in [0.25, 0.3) is 10.8 Å². The Kier molecular flexibility index (Phi) is 4.14. The summed E-state index contributed by atoms with van der Waals surface area (Å²) in [5.41, 5.74) is 1.84. The van der Waals surface area contributed by atoms with Crippen molar-refractivity contribution in [2.45, 2.75) is 0 Å². The zero-order valence-corrected chi connectivity index (χ0v) is 13.5. The lowest BCUT2D eigenvalue weighted by atomic mass is 10.1. The third kappa shape index (κ3) is 3.10. The Hall–Kier alpha value is -2.83. The summed E-state index contributed by atoms with van der Waals surface area (Å²) in [6.45, 7) is 3.95. The van der Waals surface area contributed by atoms with Crippen molar-refractivity contribution in [3.63, 3.8) is 0 Å². The van der Waals surface area contributed by atoms with E-state index in [-0.39, 0.29) is 0 Å². The highest BCUT2D eigenvalue weighted by molar-refractivity contribution is 5.93. The van der Waals surface area contributed by atoms with Gasteiger partial charge >= 0.3 is 0 Å². The van der Waals surface area contributed by atoms with Crippen LogP contribution in [-0.4, -0.2) is 31.2 Å². The molecule has 1 aliphatic heterocycles. The molecule has 0 saturated carbocycles. The van der Waals surface area contributed by atoms with Crippen molar-refractivity contribution < 1.29 is 0 Å². The number of piperazine rings is 1. The lowest BCUT2D eigenvalue weighted by Crippen LogP contribution is -2.44. The van der Waals surface area contributed by atoms with Crippen LogP contribution in [0, 0.1) is 11.8 Å². The van der Waals surface area contributed by atoms with E-state index >= 15 is 0 Å². The van der Waals surface area contributed by atoms with E-state index in [9.17, 15) is 0 Å². The Labute approximate surface area is 142 Å². The number of nitrogens with one attached hydrogen (secondary N) is 1. The van der Waals surface area contributed by atoms with Gasteiger partial charge in [0, 0.05) is 37.1 Å². The minimum atomic E-state index is 0.825. The van der Waals surface area contributed by atoms with Gasteiger partial charge in [0.05, 0.1) is 0 Å². The molecular formula is C21H19N3. The largest absolute Gasteiger partial charge is 0.354 e. The Morgan fingerprint density at radius 3 is 2.46 bits per heavy atom. The van der Waals surface area contributed by atoms with Gasteiger partial charge in [-0.3, -0.25) is 0 Å². The van der Waals surface area contributed by atoms with Crippen LogP contribution in [0.4, 0.5) is 5.82 Å². The van der Waals surface area contributed by atoms with E-state index in [2.05, 4.69) is 52.4 Å². The van der Waals surface area contributed by atoms with Crippen LogP contribution >= 0.6 is 0 Å². The normalized spacial score (nSPS) is 14.2. The van der Waals surface area contributed by atoms with Gasteiger partial charge in [-0.1, -0.05) is 48.4 Å². The van der Waals surface area contributed by atoms with Gasteiger partial charge in [-0.05, 0) is 29.5 Å². The molecular weight excluding hydrogens is 294 g/mol. The van der Waals surface area contributed by atoms with Crippen LogP contribution in [0.2, 0.25) is 0 Å². The molecule has 4 rings (SSSR count). The second-order valence-electron chi connectivity index (χ2n) is 5.91. The standard InChI is InChI=1S/C21H19N3/c1-2-6-17(7-3-1)10-11-19-16-18-8-4-5-9-20(18)21(23-19)24-14-12-22-13-15-24/h1-9,16,22H,12-15H2. The van der Waals surface area contributed by atoms with Gasteiger partial charge in [0.15, 0.2) is 0 Å². The number of hydrogen-bond acceptors (Lipinski definition) is 3. The summed E-state index contributed by atoms with van der Waals surface area (Å²) in [6, 6.07) is 20.6. The van der Waals surface area contributed by atoms with E-state index in [4.69, 9.17) is 4.98 Å². The molecule has 2 aromatic carbocycles. The number of aromatic nitrogens is 1. The van der Waals surface area contributed by atoms with Gasteiger partial charge in [0.2, 0.25) is 0 Å². The summed E-state index contributed by atoms with van der Waals surface area (Å²) >= 11 is 0. The fraction of sp³-hybridized carbons (Fsp3) is 0.190. The van der Waals surface area contributed by atoms with Crippen molar-refractivity contribution in [2.75, 3.05) is 31.1 Å². The first kappa shape index (κ1) is 14.7. The molecule has 0 atom stereocenters. The SMILES string of the molecule is C(#Cc1cc2ccccc2c(N2CCNCC2)n1)c1ccccc1. The molecule has 1 saturated heterocycles. The summed E-state index contributed by atoms with van der Waals surface area (Å²) in [6.07, 6.45) is 0. The number of pyridine rings is 1. The number of anilines is 1. The fourth-order valence-electron chi connectivity index (χ4n) is 3.02. The lowest BCUT2D eigenvalue weighted by molar-refractivity contribution is 0.586. The van der Waals surface area contributed by atoms with E-state index in [1.807, 2.05) is 30.3 Å². The van der Waals surface area contributed by atoms with E-state index in [0.29, 0.717) is 0 Å². The molecule has 0 amide bonds. The Balaban J connectivity index is 1.78. The molecule has 3 aromatic rings. The van der Waals surface area contributed by atoms with E-state index < -0.39 is 0 Å². The summed E-state index contributed by atoms with van der Waals surface area (Å²) in [5.74, 6) is 7.49. The highest BCUT2D eigenvalue weighted by atomic mass is 15.2. The van der Waals surface area contributed by atoms with Crippen molar-refractivity contribution in [1.29, 1.82) is 0 Å². The highest BCUT2D eigenvalue weighted by Crippen LogP contribution is 2.25. The van der Waals surface area contributed by atoms with Gasteiger partial charge in [0.1, 0.15) is 11.5 Å². The van der Waals surface area contributed by atoms with Gasteiger partial charge in [-0.15, -0.1) is 0 Å². The Morgan fingerprint density at radius 1 is 0.875 bits per heavy atom. The van der Waals surface area contributed by atoms with Crippen molar-refractivity contribution in [3.8, 4) is 11.8 Å². The quantitative estimate of drug-likeness (QED) is 0.700. The maximum absolute atomic E-state index is 4.86. The van der Waals surface area contributed by atoms with Crippen LogP contribution in [0.15, 0.2) is 60.7 Å². The van der Waals surface area contributed by atoms with Crippen molar-refractivity contribution in [2.24, 2.45) is 0 Å². The third-order valence-corrected chi connectivity index (χ3v) is 4.25. The fourth-order valence-corrected chi connectivity index (χ4v) is 3.02. The van der Waals surface area contributed by atoms with Crippen LogP contribution in [0.3, 0.4) is 0 Å². The summed E-state index contributed by atoms with van der Waals surface area (Å²) in [7, 11) is 0. The predicted molar refractivity (Wildman–Crippen MR) is 99.2 cm³/mol. The molecule has 1 aromatic heterocycles. The number of nitrogens with zero attached hydrogens (tertiary/aromatic N) is 2. The number of rotatable bonds is 1. The molecule has 1 N–H and O–H groups in total.